The van der Waals surface area contributed by atoms with Crippen LogP contribution in [-0.4, -0.2) is 25.2 Å². The van der Waals surface area contributed by atoms with E-state index in [9.17, 15) is 10.1 Å². The molecule has 0 atom stereocenters. The van der Waals surface area contributed by atoms with Crippen molar-refractivity contribution in [3.8, 4) is 11.5 Å². The number of hydrogen-bond donors (Lipinski definition) is 1. The van der Waals surface area contributed by atoms with Crippen LogP contribution in [0, 0.1) is 10.1 Å². The molecule has 0 bridgehead atoms. The van der Waals surface area contributed by atoms with Gasteiger partial charge in [-0.2, -0.15) is 0 Å². The predicted molar refractivity (Wildman–Crippen MR) is 68.2 cm³/mol. The summed E-state index contributed by atoms with van der Waals surface area (Å²) >= 11 is 0. The van der Waals surface area contributed by atoms with Gasteiger partial charge in [-0.3, -0.25) is 10.1 Å². The molecule has 0 fully saturated rings. The molecule has 0 saturated heterocycles. The Labute approximate surface area is 106 Å². The average molecular weight is 254 g/mol. The van der Waals surface area contributed by atoms with Crippen LogP contribution in [0.1, 0.15) is 19.4 Å². The fourth-order valence-electron chi connectivity index (χ4n) is 1.54. The molecule has 1 rings (SSSR count). The first-order valence-electron chi connectivity index (χ1n) is 5.62. The molecule has 1 aromatic carbocycles. The van der Waals surface area contributed by atoms with Crippen molar-refractivity contribution in [3.05, 3.63) is 27.8 Å². The Bertz CT molecular complexity index is 432. The van der Waals surface area contributed by atoms with E-state index in [0.717, 1.165) is 0 Å². The first kappa shape index (κ1) is 14.2. The highest BCUT2D eigenvalue weighted by Crippen LogP contribution is 2.34. The summed E-state index contributed by atoms with van der Waals surface area (Å²) in [5.74, 6) is 0.848. The van der Waals surface area contributed by atoms with Gasteiger partial charge in [-0.1, -0.05) is 13.8 Å². The summed E-state index contributed by atoms with van der Waals surface area (Å²) in [6.45, 7) is 4.37. The van der Waals surface area contributed by atoms with Gasteiger partial charge < -0.3 is 14.8 Å². The third-order valence-electron chi connectivity index (χ3n) is 2.48. The largest absolute Gasteiger partial charge is 0.493 e. The van der Waals surface area contributed by atoms with E-state index in [0.29, 0.717) is 23.6 Å². The molecule has 0 amide bonds. The molecule has 1 N–H and O–H groups in total. The average Bonchev–Trinajstić information content (AvgIpc) is 2.34. The molecule has 0 aliphatic rings. The van der Waals surface area contributed by atoms with E-state index in [2.05, 4.69) is 5.32 Å². The van der Waals surface area contributed by atoms with Gasteiger partial charge in [0.2, 0.25) is 0 Å². The number of benzene rings is 1. The minimum atomic E-state index is -0.417. The first-order valence-corrected chi connectivity index (χ1v) is 5.62. The lowest BCUT2D eigenvalue weighted by atomic mass is 10.1. The zero-order valence-electron chi connectivity index (χ0n) is 11.0. The number of hydrogen-bond acceptors (Lipinski definition) is 5. The molecule has 0 saturated carbocycles. The maximum atomic E-state index is 11.0. The van der Waals surface area contributed by atoms with Gasteiger partial charge in [0.05, 0.1) is 25.2 Å². The van der Waals surface area contributed by atoms with E-state index >= 15 is 0 Å². The Morgan fingerprint density at radius 2 is 1.83 bits per heavy atom. The van der Waals surface area contributed by atoms with Crippen molar-refractivity contribution >= 4 is 5.69 Å². The van der Waals surface area contributed by atoms with Crippen molar-refractivity contribution in [2.45, 2.75) is 26.4 Å². The third kappa shape index (κ3) is 3.33. The number of nitrogens with zero attached hydrogens (tertiary/aromatic N) is 1. The predicted octanol–water partition coefficient (Wildman–Crippen LogP) is 2.11. The van der Waals surface area contributed by atoms with E-state index in [4.69, 9.17) is 9.47 Å². The zero-order chi connectivity index (χ0) is 13.7. The molecule has 6 nitrogen and oxygen atoms in total. The summed E-state index contributed by atoms with van der Waals surface area (Å²) in [4.78, 5) is 10.6. The molecule has 0 aliphatic heterocycles. The molecule has 0 radical (unpaired) electrons. The molecule has 0 heterocycles. The Balaban J connectivity index is 3.16. The van der Waals surface area contributed by atoms with Crippen molar-refractivity contribution in [1.29, 1.82) is 0 Å². The molecule has 0 aliphatic carbocycles. The van der Waals surface area contributed by atoms with Crippen molar-refractivity contribution in [1.82, 2.24) is 5.32 Å². The van der Waals surface area contributed by atoms with Gasteiger partial charge in [0.1, 0.15) is 0 Å². The number of nitrogens with one attached hydrogen (secondary N) is 1. The Kier molecular flexibility index (Phi) is 4.91. The van der Waals surface area contributed by atoms with Crippen molar-refractivity contribution in [2.24, 2.45) is 0 Å². The van der Waals surface area contributed by atoms with Crippen LogP contribution in [0.5, 0.6) is 11.5 Å². The number of ether oxygens (including phenoxy) is 2. The van der Waals surface area contributed by atoms with Gasteiger partial charge in [-0.05, 0) is 6.07 Å². The monoisotopic (exact) mass is 254 g/mol. The van der Waals surface area contributed by atoms with Crippen LogP contribution in [0.3, 0.4) is 0 Å². The summed E-state index contributed by atoms with van der Waals surface area (Å²) in [5.41, 5.74) is 0.604. The molecular formula is C12H18N2O4. The van der Waals surface area contributed by atoms with E-state index in [1.165, 1.54) is 20.3 Å². The van der Waals surface area contributed by atoms with E-state index < -0.39 is 4.92 Å². The number of rotatable bonds is 6. The summed E-state index contributed by atoms with van der Waals surface area (Å²) in [5, 5.41) is 14.2. The maximum absolute atomic E-state index is 11.0. The number of nitro groups is 1. The number of methoxy groups -OCH3 is 2. The molecule has 18 heavy (non-hydrogen) atoms. The lowest BCUT2D eigenvalue weighted by molar-refractivity contribution is -0.385. The van der Waals surface area contributed by atoms with Gasteiger partial charge >= 0.3 is 0 Å². The van der Waals surface area contributed by atoms with Crippen molar-refractivity contribution in [3.63, 3.8) is 0 Å². The van der Waals surface area contributed by atoms with Gasteiger partial charge in [0.15, 0.2) is 11.5 Å². The molecule has 0 unspecified atom stereocenters. The zero-order valence-corrected chi connectivity index (χ0v) is 11.0. The topological polar surface area (TPSA) is 73.6 Å². The van der Waals surface area contributed by atoms with E-state index in [1.807, 2.05) is 13.8 Å². The molecule has 100 valence electrons. The van der Waals surface area contributed by atoms with Crippen LogP contribution >= 0.6 is 0 Å². The summed E-state index contributed by atoms with van der Waals surface area (Å²) in [6.07, 6.45) is 0. The Hall–Kier alpha value is -1.82. The van der Waals surface area contributed by atoms with Crippen LogP contribution < -0.4 is 14.8 Å². The quantitative estimate of drug-likeness (QED) is 0.621. The van der Waals surface area contributed by atoms with Crippen LogP contribution in [0.25, 0.3) is 0 Å². The van der Waals surface area contributed by atoms with Gasteiger partial charge in [-0.15, -0.1) is 0 Å². The second kappa shape index (κ2) is 6.20. The molecule has 6 heteroatoms. The molecule has 0 spiro atoms. The van der Waals surface area contributed by atoms with Gasteiger partial charge in [0.25, 0.3) is 5.69 Å². The maximum Gasteiger partial charge on any atom is 0.277 e. The number of nitro benzene ring substituents is 1. The lowest BCUT2D eigenvalue weighted by Gasteiger charge is -2.12. The Morgan fingerprint density at radius 3 is 2.28 bits per heavy atom. The summed E-state index contributed by atoms with van der Waals surface area (Å²) < 4.78 is 10.2. The second-order valence-corrected chi connectivity index (χ2v) is 4.13. The Morgan fingerprint density at radius 1 is 1.28 bits per heavy atom. The van der Waals surface area contributed by atoms with E-state index in [-0.39, 0.29) is 11.7 Å². The van der Waals surface area contributed by atoms with Gasteiger partial charge in [0, 0.05) is 18.2 Å². The van der Waals surface area contributed by atoms with Crippen LogP contribution in [0.2, 0.25) is 0 Å². The van der Waals surface area contributed by atoms with E-state index in [1.54, 1.807) is 6.07 Å². The third-order valence-corrected chi connectivity index (χ3v) is 2.48. The lowest BCUT2D eigenvalue weighted by Crippen LogP contribution is -2.22. The SMILES string of the molecule is COc1cc(CNC(C)C)c([N+](=O)[O-])cc1OC. The van der Waals surface area contributed by atoms with Crippen LogP contribution in [0.4, 0.5) is 5.69 Å². The highest BCUT2D eigenvalue weighted by molar-refractivity contribution is 5.54. The van der Waals surface area contributed by atoms with Crippen LogP contribution in [-0.2, 0) is 6.54 Å². The fraction of sp³-hybridized carbons (Fsp3) is 0.500. The van der Waals surface area contributed by atoms with Gasteiger partial charge in [-0.25, -0.2) is 0 Å². The van der Waals surface area contributed by atoms with Crippen molar-refractivity contribution in [2.75, 3.05) is 14.2 Å². The second-order valence-electron chi connectivity index (χ2n) is 4.13. The summed E-state index contributed by atoms with van der Waals surface area (Å²) in [6, 6.07) is 3.26. The van der Waals surface area contributed by atoms with Crippen molar-refractivity contribution < 1.29 is 14.4 Å². The highest BCUT2D eigenvalue weighted by Gasteiger charge is 2.19. The fourth-order valence-corrected chi connectivity index (χ4v) is 1.54. The summed E-state index contributed by atoms with van der Waals surface area (Å²) in [7, 11) is 2.96. The molecule has 0 aromatic heterocycles. The highest BCUT2D eigenvalue weighted by atomic mass is 16.6. The standard InChI is InChI=1S/C12H18N2O4/c1-8(2)13-7-9-5-11(17-3)12(18-4)6-10(9)14(15)16/h5-6,8,13H,7H2,1-4H3. The molecule has 1 aromatic rings. The first-order chi connectivity index (χ1) is 8.49. The van der Waals surface area contributed by atoms with Crippen LogP contribution in [0.15, 0.2) is 12.1 Å². The molecular weight excluding hydrogens is 236 g/mol. The smallest absolute Gasteiger partial charge is 0.277 e. The minimum absolute atomic E-state index is 0.0285. The normalized spacial score (nSPS) is 10.5. The minimum Gasteiger partial charge on any atom is -0.493 e.